The smallest absolute Gasteiger partial charge is 0.116 e. The van der Waals surface area contributed by atoms with E-state index in [1.807, 2.05) is 57.9 Å². The summed E-state index contributed by atoms with van der Waals surface area (Å²) in [5.74, 6) is 1.72. The van der Waals surface area contributed by atoms with Crippen LogP contribution in [0.4, 0.5) is 0 Å². The molecule has 148 valence electrons. The van der Waals surface area contributed by atoms with Crippen molar-refractivity contribution in [2.75, 3.05) is 0 Å². The molecule has 2 aromatic carbocycles. The van der Waals surface area contributed by atoms with E-state index in [2.05, 4.69) is 9.97 Å². The van der Waals surface area contributed by atoms with Gasteiger partial charge in [0.05, 0.1) is 19.5 Å². The van der Waals surface area contributed by atoms with Crippen molar-refractivity contribution in [2.24, 2.45) is 0 Å². The highest BCUT2D eigenvalue weighted by atomic mass is 35.5. The average Bonchev–Trinajstić information content (AvgIpc) is 3.31. The van der Waals surface area contributed by atoms with Crippen LogP contribution >= 0.6 is 46.4 Å². The Hall–Kier alpha value is -1.98. The predicted octanol–water partition coefficient (Wildman–Crippen LogP) is 6.38. The van der Waals surface area contributed by atoms with Gasteiger partial charge in [-0.15, -0.1) is 0 Å². The largest absolute Gasteiger partial charge is 0.330 e. The molecule has 0 saturated carbocycles. The van der Waals surface area contributed by atoms with E-state index in [0.717, 1.165) is 22.8 Å². The van der Waals surface area contributed by atoms with Crippen molar-refractivity contribution in [1.29, 1.82) is 0 Å². The Kier molecular flexibility index (Phi) is 6.16. The molecule has 2 aromatic heterocycles. The molecule has 0 radical (unpaired) electrons. The van der Waals surface area contributed by atoms with Gasteiger partial charge in [-0.25, -0.2) is 9.97 Å². The van der Waals surface area contributed by atoms with Crippen LogP contribution in [-0.4, -0.2) is 19.1 Å². The average molecular weight is 466 g/mol. The number of benzene rings is 2. The number of imidazole rings is 2. The SMILES string of the molecule is Clc1cccc(Cl)c1Cn1ccnc1Cc1nccn1Cc1c(Cl)cccc1Cl. The number of aromatic nitrogens is 4. The summed E-state index contributed by atoms with van der Waals surface area (Å²) in [5, 5.41) is 2.53. The number of nitrogens with zero attached hydrogens (tertiary/aromatic N) is 4. The fraction of sp³-hybridized carbons (Fsp3) is 0.143. The van der Waals surface area contributed by atoms with Crippen molar-refractivity contribution in [2.45, 2.75) is 19.5 Å². The normalized spacial score (nSPS) is 11.2. The van der Waals surface area contributed by atoms with Crippen LogP contribution < -0.4 is 0 Å². The minimum absolute atomic E-state index is 0.533. The fourth-order valence-electron chi connectivity index (χ4n) is 3.15. The Morgan fingerprint density at radius 2 is 1.00 bits per heavy atom. The third kappa shape index (κ3) is 4.46. The fourth-order valence-corrected chi connectivity index (χ4v) is 4.19. The Balaban J connectivity index is 1.58. The molecule has 0 aliphatic carbocycles. The highest BCUT2D eigenvalue weighted by Crippen LogP contribution is 2.27. The highest BCUT2D eigenvalue weighted by Gasteiger charge is 2.14. The predicted molar refractivity (Wildman–Crippen MR) is 118 cm³/mol. The zero-order valence-corrected chi connectivity index (χ0v) is 18.2. The summed E-state index contributed by atoms with van der Waals surface area (Å²) >= 11 is 25.3. The first-order valence-corrected chi connectivity index (χ1v) is 10.4. The lowest BCUT2D eigenvalue weighted by Crippen LogP contribution is -2.11. The van der Waals surface area contributed by atoms with Crippen LogP contribution in [0.1, 0.15) is 22.8 Å². The van der Waals surface area contributed by atoms with E-state index in [0.29, 0.717) is 39.6 Å². The van der Waals surface area contributed by atoms with Crippen molar-refractivity contribution >= 4 is 46.4 Å². The Labute approximate surface area is 188 Å². The molecule has 0 saturated heterocycles. The first kappa shape index (κ1) is 20.3. The van der Waals surface area contributed by atoms with Gasteiger partial charge in [-0.1, -0.05) is 58.5 Å². The van der Waals surface area contributed by atoms with E-state index >= 15 is 0 Å². The van der Waals surface area contributed by atoms with Gasteiger partial charge in [0.2, 0.25) is 0 Å². The second-order valence-electron chi connectivity index (χ2n) is 6.52. The van der Waals surface area contributed by atoms with Gasteiger partial charge in [0.1, 0.15) is 11.6 Å². The molecular weight excluding hydrogens is 450 g/mol. The van der Waals surface area contributed by atoms with Gasteiger partial charge in [0.15, 0.2) is 0 Å². The molecule has 29 heavy (non-hydrogen) atoms. The topological polar surface area (TPSA) is 35.6 Å². The maximum atomic E-state index is 6.33. The van der Waals surface area contributed by atoms with Crippen molar-refractivity contribution in [3.63, 3.8) is 0 Å². The van der Waals surface area contributed by atoms with Crippen LogP contribution in [0.2, 0.25) is 20.1 Å². The first-order valence-electron chi connectivity index (χ1n) is 8.88. The number of hydrogen-bond acceptors (Lipinski definition) is 2. The molecule has 4 aromatic rings. The molecule has 0 bridgehead atoms. The van der Waals surface area contributed by atoms with E-state index in [1.165, 1.54) is 0 Å². The molecule has 0 atom stereocenters. The summed E-state index contributed by atoms with van der Waals surface area (Å²) in [7, 11) is 0. The molecule has 0 spiro atoms. The minimum Gasteiger partial charge on any atom is -0.330 e. The monoisotopic (exact) mass is 464 g/mol. The molecule has 2 heterocycles. The Morgan fingerprint density at radius 1 is 0.621 bits per heavy atom. The zero-order chi connectivity index (χ0) is 20.4. The van der Waals surface area contributed by atoms with E-state index in [1.54, 1.807) is 12.4 Å². The summed E-state index contributed by atoms with van der Waals surface area (Å²) in [4.78, 5) is 9.00. The summed E-state index contributed by atoms with van der Waals surface area (Å²) in [5.41, 5.74) is 1.72. The second-order valence-corrected chi connectivity index (χ2v) is 8.15. The first-order chi connectivity index (χ1) is 14.0. The quantitative estimate of drug-likeness (QED) is 0.331. The number of rotatable bonds is 6. The third-order valence-electron chi connectivity index (χ3n) is 4.70. The standard InChI is InChI=1S/C21H16Cl4N4/c22-16-3-1-4-17(23)14(16)12-28-9-7-26-20(28)11-21-27-8-10-29(21)13-15-18(24)5-2-6-19(15)25/h1-10H,11-13H2. The molecule has 4 nitrogen and oxygen atoms in total. The number of halogens is 4. The second kappa shape index (κ2) is 8.80. The molecule has 0 aliphatic heterocycles. The van der Waals surface area contributed by atoms with Gasteiger partial charge in [-0.2, -0.15) is 0 Å². The van der Waals surface area contributed by atoms with Crippen molar-refractivity contribution < 1.29 is 0 Å². The summed E-state index contributed by atoms with van der Waals surface area (Å²) in [6, 6.07) is 11.0. The molecule has 0 fully saturated rings. The van der Waals surface area contributed by atoms with Gasteiger partial charge in [0.25, 0.3) is 0 Å². The molecular formula is C21H16Cl4N4. The van der Waals surface area contributed by atoms with Crippen molar-refractivity contribution in [3.05, 3.63) is 104 Å². The summed E-state index contributed by atoms with van der Waals surface area (Å²) < 4.78 is 4.04. The molecule has 0 N–H and O–H groups in total. The van der Waals surface area contributed by atoms with Gasteiger partial charge >= 0.3 is 0 Å². The van der Waals surface area contributed by atoms with Crippen molar-refractivity contribution in [1.82, 2.24) is 19.1 Å². The lowest BCUT2D eigenvalue weighted by Gasteiger charge is -2.13. The van der Waals surface area contributed by atoms with Crippen LogP contribution in [0.15, 0.2) is 61.2 Å². The van der Waals surface area contributed by atoms with Gasteiger partial charge < -0.3 is 9.13 Å². The van der Waals surface area contributed by atoms with Crippen LogP contribution in [0, 0.1) is 0 Å². The van der Waals surface area contributed by atoms with Crippen LogP contribution in [0.3, 0.4) is 0 Å². The van der Waals surface area contributed by atoms with Gasteiger partial charge in [-0.3, -0.25) is 0 Å². The maximum absolute atomic E-state index is 6.33. The summed E-state index contributed by atoms with van der Waals surface area (Å²) in [6.45, 7) is 1.07. The van der Waals surface area contributed by atoms with E-state index in [-0.39, 0.29) is 0 Å². The van der Waals surface area contributed by atoms with Gasteiger partial charge in [0, 0.05) is 56.0 Å². The third-order valence-corrected chi connectivity index (χ3v) is 6.12. The molecule has 8 heteroatoms. The Bertz CT molecular complexity index is 1020. The lowest BCUT2D eigenvalue weighted by atomic mass is 10.2. The summed E-state index contributed by atoms with van der Waals surface area (Å²) in [6.07, 6.45) is 7.89. The number of hydrogen-bond donors (Lipinski definition) is 0. The maximum Gasteiger partial charge on any atom is 0.116 e. The zero-order valence-electron chi connectivity index (χ0n) is 15.2. The molecule has 0 unspecified atom stereocenters. The van der Waals surface area contributed by atoms with Crippen LogP contribution in [0.25, 0.3) is 0 Å². The lowest BCUT2D eigenvalue weighted by molar-refractivity contribution is 0.690. The van der Waals surface area contributed by atoms with E-state index in [4.69, 9.17) is 46.4 Å². The molecule has 0 aliphatic rings. The van der Waals surface area contributed by atoms with E-state index in [9.17, 15) is 0 Å². The Morgan fingerprint density at radius 3 is 1.38 bits per heavy atom. The minimum atomic E-state index is 0.533. The van der Waals surface area contributed by atoms with Crippen LogP contribution in [-0.2, 0) is 19.5 Å². The van der Waals surface area contributed by atoms with E-state index < -0.39 is 0 Å². The van der Waals surface area contributed by atoms with Gasteiger partial charge in [-0.05, 0) is 24.3 Å². The molecule has 4 rings (SSSR count). The van der Waals surface area contributed by atoms with Crippen molar-refractivity contribution in [3.8, 4) is 0 Å². The molecule has 0 amide bonds. The highest BCUT2D eigenvalue weighted by molar-refractivity contribution is 6.36. The van der Waals surface area contributed by atoms with Crippen LogP contribution in [0.5, 0.6) is 0 Å².